The number of aliphatic hydroxyl groups is 1. The summed E-state index contributed by atoms with van der Waals surface area (Å²) in [5.74, 6) is 0.532. The van der Waals surface area contributed by atoms with Crippen LogP contribution < -0.4 is 0 Å². The molecule has 0 bridgehead atoms. The molecule has 0 radical (unpaired) electrons. The van der Waals surface area contributed by atoms with Crippen LogP contribution in [0, 0.1) is 5.92 Å². The van der Waals surface area contributed by atoms with Crippen LogP contribution in [0.4, 0.5) is 0 Å². The number of carbonyl (C=O) groups is 1. The number of hydrogen-bond acceptors (Lipinski definition) is 5. The van der Waals surface area contributed by atoms with E-state index in [-0.39, 0.29) is 17.2 Å². The Labute approximate surface area is 189 Å². The molecule has 0 aromatic heterocycles. The summed E-state index contributed by atoms with van der Waals surface area (Å²) in [4.78, 5) is 10.7. The number of ether oxygens (including phenoxy) is 3. The molecule has 1 aliphatic carbocycles. The zero-order valence-corrected chi connectivity index (χ0v) is 20.4. The molecule has 0 amide bonds. The van der Waals surface area contributed by atoms with Gasteiger partial charge in [0, 0.05) is 18.9 Å². The Morgan fingerprint density at radius 3 is 2.32 bits per heavy atom. The smallest absolute Gasteiger partial charge is 0.305 e. The molecule has 5 nitrogen and oxygen atoms in total. The fraction of sp³-hybridized carbons (Fsp3) is 0.885. The van der Waals surface area contributed by atoms with Crippen LogP contribution in [0.3, 0.4) is 0 Å². The normalized spacial score (nSPS) is 30.9. The van der Waals surface area contributed by atoms with E-state index in [0.717, 1.165) is 38.7 Å². The highest BCUT2D eigenvalue weighted by atomic mass is 16.6. The summed E-state index contributed by atoms with van der Waals surface area (Å²) in [6.45, 7) is 7.90. The van der Waals surface area contributed by atoms with E-state index in [4.69, 9.17) is 14.6 Å². The molecule has 0 aromatic rings. The molecule has 1 spiro atoms. The molecule has 3 aliphatic rings. The first-order valence-electron chi connectivity index (χ1n) is 12.5. The van der Waals surface area contributed by atoms with E-state index in [1.165, 1.54) is 57.6 Å². The Bertz CT molecular complexity index is 564. The van der Waals surface area contributed by atoms with Gasteiger partial charge in [0.15, 0.2) is 0 Å². The lowest BCUT2D eigenvalue weighted by Crippen LogP contribution is -2.39. The molecule has 4 unspecified atom stereocenters. The van der Waals surface area contributed by atoms with Gasteiger partial charge in [-0.2, -0.15) is 0 Å². The summed E-state index contributed by atoms with van der Waals surface area (Å²) >= 11 is 0. The van der Waals surface area contributed by atoms with E-state index in [9.17, 15) is 4.79 Å². The van der Waals surface area contributed by atoms with Crippen LogP contribution in [-0.4, -0.2) is 48.7 Å². The monoisotopic (exact) mass is 438 g/mol. The largest absolute Gasteiger partial charge is 0.469 e. The van der Waals surface area contributed by atoms with Crippen LogP contribution in [0.25, 0.3) is 0 Å². The molecular weight excluding hydrogens is 392 g/mol. The molecule has 2 aliphatic heterocycles. The zero-order valence-electron chi connectivity index (χ0n) is 20.4. The van der Waals surface area contributed by atoms with Gasteiger partial charge in [0.05, 0.1) is 31.0 Å². The minimum Gasteiger partial charge on any atom is -0.469 e. The third-order valence-corrected chi connectivity index (χ3v) is 7.17. The predicted molar refractivity (Wildman–Crippen MR) is 124 cm³/mol. The van der Waals surface area contributed by atoms with E-state index >= 15 is 0 Å². The molecule has 1 saturated carbocycles. The minimum absolute atomic E-state index is 0.100. The third kappa shape index (κ3) is 8.51. The lowest BCUT2D eigenvalue weighted by Gasteiger charge is -2.32. The lowest BCUT2D eigenvalue weighted by atomic mass is 9.71. The SMILES string of the molecule is CC(C)=CCC1OC1(C)C1CCCCC12CO2.COC(=O)CCCCCCCCCO. The first-order chi connectivity index (χ1) is 14.9. The Kier molecular flexibility index (Phi) is 11.0. The van der Waals surface area contributed by atoms with Crippen LogP contribution in [0.1, 0.15) is 104 Å². The number of allylic oxidation sites excluding steroid dienone is 1. The maximum Gasteiger partial charge on any atom is 0.305 e. The average Bonchev–Trinajstić information content (AvgIpc) is 3.67. The third-order valence-electron chi connectivity index (χ3n) is 7.17. The Morgan fingerprint density at radius 1 is 1.10 bits per heavy atom. The first-order valence-corrected chi connectivity index (χ1v) is 12.5. The maximum atomic E-state index is 10.7. The fourth-order valence-corrected chi connectivity index (χ4v) is 5.03. The van der Waals surface area contributed by atoms with Crippen molar-refractivity contribution in [3.63, 3.8) is 0 Å². The van der Waals surface area contributed by atoms with Crippen LogP contribution in [-0.2, 0) is 19.0 Å². The van der Waals surface area contributed by atoms with Gasteiger partial charge in [-0.3, -0.25) is 4.79 Å². The van der Waals surface area contributed by atoms with Gasteiger partial charge in [-0.05, 0) is 52.9 Å². The highest BCUT2D eigenvalue weighted by Crippen LogP contribution is 2.58. The number of methoxy groups -OCH3 is 1. The molecule has 1 N–H and O–H groups in total. The second-order valence-corrected chi connectivity index (χ2v) is 9.98. The molecule has 31 heavy (non-hydrogen) atoms. The quantitative estimate of drug-likeness (QED) is 0.182. The van der Waals surface area contributed by atoms with Crippen molar-refractivity contribution in [3.8, 4) is 0 Å². The van der Waals surface area contributed by atoms with Gasteiger partial charge < -0.3 is 19.3 Å². The first kappa shape index (κ1) is 26.3. The molecule has 3 rings (SSSR count). The van der Waals surface area contributed by atoms with Crippen molar-refractivity contribution in [2.45, 2.75) is 122 Å². The summed E-state index contributed by atoms with van der Waals surface area (Å²) in [5.41, 5.74) is 1.71. The number of esters is 1. The van der Waals surface area contributed by atoms with Crippen molar-refractivity contribution in [2.24, 2.45) is 5.92 Å². The summed E-state index contributed by atoms with van der Waals surface area (Å²) in [6.07, 6.45) is 17.3. The van der Waals surface area contributed by atoms with Crippen molar-refractivity contribution >= 4 is 5.97 Å². The van der Waals surface area contributed by atoms with Gasteiger partial charge in [0.1, 0.15) is 0 Å². The molecule has 2 saturated heterocycles. The molecular formula is C26H46O5. The highest BCUT2D eigenvalue weighted by molar-refractivity contribution is 5.68. The van der Waals surface area contributed by atoms with Crippen LogP contribution >= 0.6 is 0 Å². The molecule has 180 valence electrons. The van der Waals surface area contributed by atoms with Gasteiger partial charge in [0.25, 0.3) is 0 Å². The Hall–Kier alpha value is -0.910. The standard InChI is InChI=1S/C15H24O2.C11H22O3/c1-11(2)7-8-13-14(3,17-13)12-6-4-5-9-15(12)10-16-15;1-14-11(13)9-7-5-3-2-4-6-8-10-12/h7,12-13H,4-6,8-10H2,1-3H3;12H,2-10H2,1H3. The number of unbranched alkanes of at least 4 members (excludes halogenated alkanes) is 6. The number of hydrogen-bond donors (Lipinski definition) is 1. The van der Waals surface area contributed by atoms with E-state index < -0.39 is 0 Å². The Balaban J connectivity index is 0.000000226. The fourth-order valence-electron chi connectivity index (χ4n) is 5.03. The predicted octanol–water partition coefficient (Wildman–Crippen LogP) is 5.73. The number of aliphatic hydroxyl groups excluding tert-OH is 1. The number of carbonyl (C=O) groups excluding carboxylic acids is 1. The summed E-state index contributed by atoms with van der Waals surface area (Å²) in [7, 11) is 1.43. The second-order valence-electron chi connectivity index (χ2n) is 9.98. The van der Waals surface area contributed by atoms with Crippen LogP contribution in [0.15, 0.2) is 11.6 Å². The topological polar surface area (TPSA) is 71.6 Å². The molecule has 2 heterocycles. The van der Waals surface area contributed by atoms with Gasteiger partial charge in [-0.25, -0.2) is 0 Å². The molecule has 4 atom stereocenters. The van der Waals surface area contributed by atoms with Gasteiger partial charge >= 0.3 is 5.97 Å². The lowest BCUT2D eigenvalue weighted by molar-refractivity contribution is -0.140. The van der Waals surface area contributed by atoms with E-state index in [1.54, 1.807) is 0 Å². The maximum absolute atomic E-state index is 10.7. The van der Waals surface area contributed by atoms with Gasteiger partial charge in [-0.1, -0.05) is 56.6 Å². The summed E-state index contributed by atoms with van der Waals surface area (Å²) in [5, 5.41) is 8.54. The van der Waals surface area contributed by atoms with Crippen LogP contribution in [0.5, 0.6) is 0 Å². The van der Waals surface area contributed by atoms with Crippen molar-refractivity contribution in [1.82, 2.24) is 0 Å². The van der Waals surface area contributed by atoms with Crippen molar-refractivity contribution in [3.05, 3.63) is 11.6 Å². The van der Waals surface area contributed by atoms with Crippen LogP contribution in [0.2, 0.25) is 0 Å². The van der Waals surface area contributed by atoms with E-state index in [1.807, 2.05) is 0 Å². The van der Waals surface area contributed by atoms with Gasteiger partial charge in [-0.15, -0.1) is 0 Å². The van der Waals surface area contributed by atoms with E-state index in [2.05, 4.69) is 31.6 Å². The van der Waals surface area contributed by atoms with Crippen molar-refractivity contribution in [2.75, 3.05) is 20.3 Å². The minimum atomic E-state index is -0.106. The Morgan fingerprint density at radius 2 is 1.74 bits per heavy atom. The summed E-state index contributed by atoms with van der Waals surface area (Å²) in [6, 6.07) is 0. The van der Waals surface area contributed by atoms with Crippen molar-refractivity contribution < 1.29 is 24.1 Å². The second kappa shape index (κ2) is 13.0. The van der Waals surface area contributed by atoms with Gasteiger partial charge in [0.2, 0.25) is 0 Å². The number of epoxide rings is 2. The average molecular weight is 439 g/mol. The molecule has 3 fully saturated rings. The molecule has 5 heteroatoms. The zero-order chi connectivity index (χ0) is 22.7. The van der Waals surface area contributed by atoms with E-state index in [0.29, 0.717) is 25.0 Å². The number of rotatable bonds is 12. The summed E-state index contributed by atoms with van der Waals surface area (Å²) < 4.78 is 16.4. The highest BCUT2D eigenvalue weighted by Gasteiger charge is 2.67. The molecule has 0 aromatic carbocycles. The van der Waals surface area contributed by atoms with Crippen molar-refractivity contribution in [1.29, 1.82) is 0 Å².